The molecule has 0 atom stereocenters. The van der Waals surface area contributed by atoms with Crippen molar-refractivity contribution in [3.05, 3.63) is 84.6 Å². The minimum absolute atomic E-state index is 0.0225. The fourth-order valence-corrected chi connectivity index (χ4v) is 3.08. The summed E-state index contributed by atoms with van der Waals surface area (Å²) in [5, 5.41) is 18.6. The first kappa shape index (κ1) is 25.5. The van der Waals surface area contributed by atoms with Gasteiger partial charge in [0.1, 0.15) is 11.7 Å². The lowest BCUT2D eigenvalue weighted by molar-refractivity contribution is -0.136. The number of carboxylic acids is 1. The number of nitrogens with zero attached hydrogens (tertiary/aromatic N) is 2. The first-order valence-corrected chi connectivity index (χ1v) is 10.4. The van der Waals surface area contributed by atoms with Crippen molar-refractivity contribution in [3.8, 4) is 0 Å². The standard InChI is InChI=1S/C13H12FN3.C12H18N2O2/c1-8-3-4-11-12(5-8)17-13(16-11)9(2)6-10(14)7-15;1-10(9-12(15)16)3-4-11(2)14-7-5-13-6-8-14/h3-7,15H,2H2,1H3,(H,16,17);3-4,13H,1-2,5-9H2,(H,15,16)/b10-6+,15-7?;4-3-. The van der Waals surface area contributed by atoms with Crippen LogP contribution in [0.4, 0.5) is 4.39 Å². The molecule has 1 aliphatic rings. The fraction of sp³-hybridized carbons (Fsp3) is 0.240. The summed E-state index contributed by atoms with van der Waals surface area (Å²) in [6.45, 7) is 17.1. The van der Waals surface area contributed by atoms with E-state index in [0.29, 0.717) is 23.2 Å². The number of piperazine rings is 1. The molecule has 1 aromatic heterocycles. The first-order valence-electron chi connectivity index (χ1n) is 10.4. The van der Waals surface area contributed by atoms with E-state index in [4.69, 9.17) is 10.5 Å². The number of aromatic amines is 1. The van der Waals surface area contributed by atoms with Gasteiger partial charge in [0.05, 0.1) is 23.7 Å². The van der Waals surface area contributed by atoms with Crippen molar-refractivity contribution < 1.29 is 14.3 Å². The number of aliphatic carboxylic acids is 1. The smallest absolute Gasteiger partial charge is 0.307 e. The average molecular weight is 452 g/mol. The Morgan fingerprint density at radius 1 is 1.27 bits per heavy atom. The van der Waals surface area contributed by atoms with Gasteiger partial charge in [0.15, 0.2) is 0 Å². The first-order chi connectivity index (χ1) is 15.7. The molecule has 0 radical (unpaired) electrons. The van der Waals surface area contributed by atoms with E-state index >= 15 is 0 Å². The third-order valence-corrected chi connectivity index (χ3v) is 4.80. The normalized spacial score (nSPS) is 14.0. The summed E-state index contributed by atoms with van der Waals surface area (Å²) in [6.07, 6.45) is 5.34. The van der Waals surface area contributed by atoms with E-state index in [1.807, 2.05) is 31.2 Å². The van der Waals surface area contributed by atoms with Crippen LogP contribution in [0.15, 0.2) is 73.3 Å². The highest BCUT2D eigenvalue weighted by molar-refractivity contribution is 5.84. The Morgan fingerprint density at radius 3 is 2.61 bits per heavy atom. The number of carbonyl (C=O) groups is 1. The molecule has 0 unspecified atom stereocenters. The van der Waals surface area contributed by atoms with Gasteiger partial charge in [-0.25, -0.2) is 9.37 Å². The highest BCUT2D eigenvalue weighted by Crippen LogP contribution is 2.18. The molecule has 8 heteroatoms. The minimum Gasteiger partial charge on any atom is -0.481 e. The zero-order valence-corrected chi connectivity index (χ0v) is 18.8. The Kier molecular flexibility index (Phi) is 9.50. The summed E-state index contributed by atoms with van der Waals surface area (Å²) in [5.74, 6) is -0.989. The van der Waals surface area contributed by atoms with Crippen LogP contribution in [-0.2, 0) is 4.79 Å². The van der Waals surface area contributed by atoms with E-state index in [9.17, 15) is 9.18 Å². The predicted octanol–water partition coefficient (Wildman–Crippen LogP) is 4.38. The number of aryl methyl sites for hydroxylation is 1. The van der Waals surface area contributed by atoms with E-state index in [1.165, 1.54) is 6.08 Å². The predicted molar refractivity (Wildman–Crippen MR) is 132 cm³/mol. The van der Waals surface area contributed by atoms with Crippen LogP contribution >= 0.6 is 0 Å². The van der Waals surface area contributed by atoms with Crippen LogP contribution in [0.25, 0.3) is 16.6 Å². The Balaban J connectivity index is 0.000000234. The molecule has 0 spiro atoms. The van der Waals surface area contributed by atoms with Crippen molar-refractivity contribution in [2.45, 2.75) is 13.3 Å². The van der Waals surface area contributed by atoms with Crippen LogP contribution in [0.1, 0.15) is 17.8 Å². The van der Waals surface area contributed by atoms with E-state index in [2.05, 4.69) is 39.9 Å². The highest BCUT2D eigenvalue weighted by atomic mass is 19.1. The van der Waals surface area contributed by atoms with Crippen LogP contribution in [-0.4, -0.2) is 58.3 Å². The molecule has 0 saturated carbocycles. The number of halogens is 1. The van der Waals surface area contributed by atoms with Crippen LogP contribution in [0, 0.1) is 12.3 Å². The van der Waals surface area contributed by atoms with Gasteiger partial charge in [0, 0.05) is 37.4 Å². The van der Waals surface area contributed by atoms with Crippen molar-refractivity contribution in [1.29, 1.82) is 5.41 Å². The molecule has 33 heavy (non-hydrogen) atoms. The number of nitrogens with one attached hydrogen (secondary N) is 3. The molecule has 0 aliphatic carbocycles. The van der Waals surface area contributed by atoms with Gasteiger partial charge in [-0.1, -0.05) is 31.9 Å². The monoisotopic (exact) mass is 451 g/mol. The Hall–Kier alpha value is -3.78. The number of carboxylic acid groups (broad SMARTS) is 1. The maximum Gasteiger partial charge on any atom is 0.307 e. The number of H-pyrrole nitrogens is 1. The molecule has 174 valence electrons. The number of fused-ring (bicyclic) bond motifs is 1. The summed E-state index contributed by atoms with van der Waals surface area (Å²) in [4.78, 5) is 20.0. The molecule has 0 amide bonds. The van der Waals surface area contributed by atoms with Crippen LogP contribution in [0.5, 0.6) is 0 Å². The zero-order valence-electron chi connectivity index (χ0n) is 18.8. The molecule has 1 aliphatic heterocycles. The van der Waals surface area contributed by atoms with Crippen molar-refractivity contribution in [3.63, 3.8) is 0 Å². The third-order valence-electron chi connectivity index (χ3n) is 4.80. The Labute approximate surface area is 193 Å². The molecule has 2 heterocycles. The maximum atomic E-state index is 12.9. The molecule has 0 bridgehead atoms. The lowest BCUT2D eigenvalue weighted by atomic mass is 10.2. The van der Waals surface area contributed by atoms with Crippen LogP contribution < -0.4 is 5.32 Å². The zero-order chi connectivity index (χ0) is 24.4. The molecule has 3 rings (SSSR count). The number of hydrogen-bond acceptors (Lipinski definition) is 5. The second-order valence-electron chi connectivity index (χ2n) is 7.60. The molecule has 2 aromatic rings. The summed E-state index contributed by atoms with van der Waals surface area (Å²) in [7, 11) is 0. The highest BCUT2D eigenvalue weighted by Gasteiger charge is 2.09. The van der Waals surface area contributed by atoms with E-state index < -0.39 is 11.8 Å². The van der Waals surface area contributed by atoms with E-state index in [-0.39, 0.29) is 6.42 Å². The lowest BCUT2D eigenvalue weighted by Gasteiger charge is -2.29. The summed E-state index contributed by atoms with van der Waals surface area (Å²) in [6, 6.07) is 5.83. The number of aromatic nitrogens is 2. The van der Waals surface area contributed by atoms with E-state index in [0.717, 1.165) is 48.5 Å². The van der Waals surface area contributed by atoms with E-state index in [1.54, 1.807) is 6.08 Å². The average Bonchev–Trinajstić information content (AvgIpc) is 3.21. The van der Waals surface area contributed by atoms with Gasteiger partial charge in [-0.2, -0.15) is 0 Å². The quantitative estimate of drug-likeness (QED) is 0.352. The minimum atomic E-state index is -0.859. The van der Waals surface area contributed by atoms with Crippen molar-refractivity contribution >= 4 is 28.8 Å². The van der Waals surface area contributed by atoms with Gasteiger partial charge >= 0.3 is 5.97 Å². The van der Waals surface area contributed by atoms with Crippen molar-refractivity contribution in [2.75, 3.05) is 26.2 Å². The lowest BCUT2D eigenvalue weighted by Crippen LogP contribution is -2.42. The van der Waals surface area contributed by atoms with Crippen LogP contribution in [0.2, 0.25) is 0 Å². The van der Waals surface area contributed by atoms with Gasteiger partial charge in [0.25, 0.3) is 0 Å². The molecular formula is C25H30FN5O2. The third kappa shape index (κ3) is 8.34. The Morgan fingerprint density at radius 2 is 1.97 bits per heavy atom. The number of hydrogen-bond donors (Lipinski definition) is 4. The number of imidazole rings is 1. The summed E-state index contributed by atoms with van der Waals surface area (Å²) in [5.41, 5.74) is 4.75. The topological polar surface area (TPSA) is 105 Å². The SMILES string of the molecule is C=C(/C=C(/F)C=N)c1nc2ccc(C)cc2[nH]1.C=C(/C=C\C(=C)N1CCNCC1)CC(=O)O. The molecule has 1 aromatic carbocycles. The fourth-order valence-electron chi connectivity index (χ4n) is 3.08. The van der Waals surface area contributed by atoms with Gasteiger partial charge in [-0.05, 0) is 42.3 Å². The molecule has 1 fully saturated rings. The largest absolute Gasteiger partial charge is 0.481 e. The van der Waals surface area contributed by atoms with Gasteiger partial charge in [0.2, 0.25) is 0 Å². The number of benzene rings is 1. The number of rotatable bonds is 8. The maximum absolute atomic E-state index is 12.9. The molecular weight excluding hydrogens is 421 g/mol. The van der Waals surface area contributed by atoms with Gasteiger partial charge in [-0.15, -0.1) is 0 Å². The van der Waals surface area contributed by atoms with Crippen LogP contribution in [0.3, 0.4) is 0 Å². The van der Waals surface area contributed by atoms with Crippen molar-refractivity contribution in [2.24, 2.45) is 0 Å². The summed E-state index contributed by atoms with van der Waals surface area (Å²) >= 11 is 0. The molecule has 1 saturated heterocycles. The number of allylic oxidation sites excluding steroid dienone is 5. The second-order valence-corrected chi connectivity index (χ2v) is 7.60. The Bertz CT molecular complexity index is 1110. The molecule has 7 nitrogen and oxygen atoms in total. The summed E-state index contributed by atoms with van der Waals surface area (Å²) < 4.78 is 12.9. The van der Waals surface area contributed by atoms with Gasteiger partial charge < -0.3 is 25.7 Å². The second kappa shape index (κ2) is 12.3. The van der Waals surface area contributed by atoms with Crippen molar-refractivity contribution in [1.82, 2.24) is 20.2 Å². The van der Waals surface area contributed by atoms with Gasteiger partial charge in [-0.3, -0.25) is 4.79 Å². The molecule has 4 N–H and O–H groups in total.